The van der Waals surface area contributed by atoms with Gasteiger partial charge in [0.25, 0.3) is 0 Å². The quantitative estimate of drug-likeness (QED) is 0.836. The van der Waals surface area contributed by atoms with Gasteiger partial charge in [-0.15, -0.1) is 0 Å². The SMILES string of the molecule is CCCNC(=O)CCNc1cc(Cl)cc(Cl)c1. The first-order chi connectivity index (χ1) is 8.11. The predicted molar refractivity (Wildman–Crippen MR) is 72.9 cm³/mol. The molecule has 0 unspecified atom stereocenters. The summed E-state index contributed by atoms with van der Waals surface area (Å²) >= 11 is 11.7. The van der Waals surface area contributed by atoms with Gasteiger partial charge in [-0.3, -0.25) is 4.79 Å². The number of nitrogens with one attached hydrogen (secondary N) is 2. The van der Waals surface area contributed by atoms with E-state index in [4.69, 9.17) is 23.2 Å². The molecular weight excluding hydrogens is 259 g/mol. The minimum Gasteiger partial charge on any atom is -0.384 e. The van der Waals surface area contributed by atoms with Crippen LogP contribution in [0.4, 0.5) is 5.69 Å². The molecule has 5 heteroatoms. The van der Waals surface area contributed by atoms with E-state index in [1.165, 1.54) is 0 Å². The van der Waals surface area contributed by atoms with Crippen molar-refractivity contribution < 1.29 is 4.79 Å². The van der Waals surface area contributed by atoms with Crippen LogP contribution in [0.1, 0.15) is 19.8 Å². The van der Waals surface area contributed by atoms with Crippen LogP contribution in [0.2, 0.25) is 10.0 Å². The maximum absolute atomic E-state index is 11.3. The molecule has 1 aromatic rings. The Morgan fingerprint density at radius 3 is 2.41 bits per heavy atom. The average molecular weight is 275 g/mol. The molecular formula is C12H16Cl2N2O. The van der Waals surface area contributed by atoms with Crippen LogP contribution in [-0.4, -0.2) is 19.0 Å². The van der Waals surface area contributed by atoms with E-state index in [9.17, 15) is 4.79 Å². The molecule has 0 aliphatic carbocycles. The zero-order valence-electron chi connectivity index (χ0n) is 9.72. The third kappa shape index (κ3) is 5.80. The monoisotopic (exact) mass is 274 g/mol. The second-order valence-electron chi connectivity index (χ2n) is 3.68. The number of rotatable bonds is 6. The predicted octanol–water partition coefficient (Wildman–Crippen LogP) is 3.32. The van der Waals surface area contributed by atoms with Gasteiger partial charge in [-0.2, -0.15) is 0 Å². The molecule has 2 N–H and O–H groups in total. The van der Waals surface area contributed by atoms with Crippen LogP contribution >= 0.6 is 23.2 Å². The summed E-state index contributed by atoms with van der Waals surface area (Å²) in [4.78, 5) is 11.3. The number of benzene rings is 1. The van der Waals surface area contributed by atoms with Gasteiger partial charge in [-0.25, -0.2) is 0 Å². The van der Waals surface area contributed by atoms with Gasteiger partial charge in [0.15, 0.2) is 0 Å². The second kappa shape index (κ2) is 7.41. The van der Waals surface area contributed by atoms with Gasteiger partial charge in [-0.1, -0.05) is 30.1 Å². The molecule has 0 saturated carbocycles. The van der Waals surface area contributed by atoms with Crippen molar-refractivity contribution in [1.29, 1.82) is 0 Å². The van der Waals surface area contributed by atoms with Crippen LogP contribution in [0.15, 0.2) is 18.2 Å². The van der Waals surface area contributed by atoms with E-state index in [-0.39, 0.29) is 5.91 Å². The van der Waals surface area contributed by atoms with Gasteiger partial charge < -0.3 is 10.6 Å². The summed E-state index contributed by atoms with van der Waals surface area (Å²) in [5.41, 5.74) is 0.825. The smallest absolute Gasteiger partial charge is 0.221 e. The largest absolute Gasteiger partial charge is 0.384 e. The van der Waals surface area contributed by atoms with Gasteiger partial charge in [0.1, 0.15) is 0 Å². The van der Waals surface area contributed by atoms with E-state index in [0.717, 1.165) is 18.7 Å². The number of hydrogen-bond acceptors (Lipinski definition) is 2. The van der Waals surface area contributed by atoms with Crippen LogP contribution in [-0.2, 0) is 4.79 Å². The Labute approximate surface area is 111 Å². The Morgan fingerprint density at radius 1 is 1.18 bits per heavy atom. The van der Waals surface area contributed by atoms with Crippen molar-refractivity contribution in [2.45, 2.75) is 19.8 Å². The molecule has 1 rings (SSSR count). The van der Waals surface area contributed by atoms with Gasteiger partial charge in [0, 0.05) is 35.2 Å². The average Bonchev–Trinajstić information content (AvgIpc) is 2.25. The molecule has 94 valence electrons. The molecule has 0 atom stereocenters. The molecule has 0 saturated heterocycles. The summed E-state index contributed by atoms with van der Waals surface area (Å²) in [5.74, 6) is 0.0486. The molecule has 1 aromatic carbocycles. The van der Waals surface area contributed by atoms with Crippen LogP contribution in [0.25, 0.3) is 0 Å². The summed E-state index contributed by atoms with van der Waals surface area (Å²) in [7, 11) is 0. The van der Waals surface area contributed by atoms with Gasteiger partial charge in [0.05, 0.1) is 0 Å². The number of hydrogen-bond donors (Lipinski definition) is 2. The maximum atomic E-state index is 11.3. The summed E-state index contributed by atoms with van der Waals surface area (Å²) in [5, 5.41) is 7.07. The van der Waals surface area contributed by atoms with Crippen molar-refractivity contribution in [3.63, 3.8) is 0 Å². The zero-order chi connectivity index (χ0) is 12.7. The van der Waals surface area contributed by atoms with E-state index >= 15 is 0 Å². The lowest BCUT2D eigenvalue weighted by molar-refractivity contribution is -0.120. The molecule has 0 aromatic heterocycles. The molecule has 3 nitrogen and oxygen atoms in total. The van der Waals surface area contributed by atoms with E-state index < -0.39 is 0 Å². The Bertz CT molecular complexity index is 363. The van der Waals surface area contributed by atoms with E-state index in [1.54, 1.807) is 18.2 Å². The standard InChI is InChI=1S/C12H16Cl2N2O/c1-2-4-16-12(17)3-5-15-11-7-9(13)6-10(14)8-11/h6-8,15H,2-5H2,1H3,(H,16,17). The number of carbonyl (C=O) groups excluding carboxylic acids is 1. The zero-order valence-corrected chi connectivity index (χ0v) is 11.2. The molecule has 17 heavy (non-hydrogen) atoms. The van der Waals surface area contributed by atoms with Crippen molar-refractivity contribution in [3.8, 4) is 0 Å². The highest BCUT2D eigenvalue weighted by Gasteiger charge is 2.01. The van der Waals surface area contributed by atoms with Crippen LogP contribution < -0.4 is 10.6 Å². The highest BCUT2D eigenvalue weighted by Crippen LogP contribution is 2.22. The first-order valence-electron chi connectivity index (χ1n) is 5.58. The molecule has 0 radical (unpaired) electrons. The number of anilines is 1. The molecule has 0 heterocycles. The van der Waals surface area contributed by atoms with Gasteiger partial charge in [-0.05, 0) is 24.6 Å². The third-order valence-corrected chi connectivity index (χ3v) is 2.55. The molecule has 0 bridgehead atoms. The van der Waals surface area contributed by atoms with Crippen LogP contribution in [0.5, 0.6) is 0 Å². The van der Waals surface area contributed by atoms with Crippen LogP contribution in [0, 0.1) is 0 Å². The fourth-order valence-corrected chi connectivity index (χ4v) is 1.86. The maximum Gasteiger partial charge on any atom is 0.221 e. The van der Waals surface area contributed by atoms with Crippen molar-refractivity contribution in [3.05, 3.63) is 28.2 Å². The van der Waals surface area contributed by atoms with E-state index in [1.807, 2.05) is 6.92 Å². The lowest BCUT2D eigenvalue weighted by Gasteiger charge is -2.07. The minimum atomic E-state index is 0.0486. The van der Waals surface area contributed by atoms with Crippen molar-refractivity contribution in [2.24, 2.45) is 0 Å². The topological polar surface area (TPSA) is 41.1 Å². The highest BCUT2D eigenvalue weighted by atomic mass is 35.5. The summed E-state index contributed by atoms with van der Waals surface area (Å²) < 4.78 is 0. The summed E-state index contributed by atoms with van der Waals surface area (Å²) in [6, 6.07) is 5.22. The lowest BCUT2D eigenvalue weighted by Crippen LogP contribution is -2.25. The van der Waals surface area contributed by atoms with E-state index in [0.29, 0.717) is 23.0 Å². The second-order valence-corrected chi connectivity index (χ2v) is 4.56. The van der Waals surface area contributed by atoms with E-state index in [2.05, 4.69) is 10.6 Å². The van der Waals surface area contributed by atoms with Gasteiger partial charge >= 0.3 is 0 Å². The number of carbonyl (C=O) groups is 1. The number of halogens is 2. The lowest BCUT2D eigenvalue weighted by atomic mass is 10.3. The summed E-state index contributed by atoms with van der Waals surface area (Å²) in [6.07, 6.45) is 1.38. The fourth-order valence-electron chi connectivity index (χ4n) is 1.33. The minimum absolute atomic E-state index is 0.0486. The van der Waals surface area contributed by atoms with Crippen LogP contribution in [0.3, 0.4) is 0 Å². The molecule has 0 aliphatic heterocycles. The van der Waals surface area contributed by atoms with Crippen molar-refractivity contribution in [1.82, 2.24) is 5.32 Å². The Hall–Kier alpha value is -0.930. The summed E-state index contributed by atoms with van der Waals surface area (Å²) in [6.45, 7) is 3.31. The Kier molecular flexibility index (Phi) is 6.16. The fraction of sp³-hybridized carbons (Fsp3) is 0.417. The third-order valence-electron chi connectivity index (χ3n) is 2.12. The molecule has 0 spiro atoms. The normalized spacial score (nSPS) is 10.1. The highest BCUT2D eigenvalue weighted by molar-refractivity contribution is 6.35. The van der Waals surface area contributed by atoms with Crippen molar-refractivity contribution >= 4 is 34.8 Å². The first kappa shape index (κ1) is 14.1. The molecule has 0 fully saturated rings. The Balaban J connectivity index is 2.33. The molecule has 0 aliphatic rings. The Morgan fingerprint density at radius 2 is 1.82 bits per heavy atom. The first-order valence-corrected chi connectivity index (χ1v) is 6.34. The van der Waals surface area contributed by atoms with Crippen molar-refractivity contribution in [2.75, 3.05) is 18.4 Å². The van der Waals surface area contributed by atoms with Gasteiger partial charge in [0.2, 0.25) is 5.91 Å². The number of amides is 1. The molecule has 1 amide bonds.